The van der Waals surface area contributed by atoms with Gasteiger partial charge in [-0.25, -0.2) is 0 Å². The van der Waals surface area contributed by atoms with Crippen molar-refractivity contribution in [1.82, 2.24) is 29.9 Å². The van der Waals surface area contributed by atoms with Crippen LogP contribution in [0.3, 0.4) is 0 Å². The van der Waals surface area contributed by atoms with E-state index in [1.807, 2.05) is 49.1 Å². The largest absolute Gasteiger partial charge is 0.346 e. The van der Waals surface area contributed by atoms with Gasteiger partial charge in [-0.1, -0.05) is 6.07 Å². The first-order valence-corrected chi connectivity index (χ1v) is 10.1. The Hall–Kier alpha value is -2.74. The fourth-order valence-electron chi connectivity index (χ4n) is 3.67. The van der Waals surface area contributed by atoms with Crippen LogP contribution in [0, 0.1) is 5.92 Å². The number of pyridine rings is 1. The van der Waals surface area contributed by atoms with E-state index in [2.05, 4.69) is 15.4 Å². The van der Waals surface area contributed by atoms with Gasteiger partial charge in [-0.15, -0.1) is 0 Å². The molecule has 1 fully saturated rings. The van der Waals surface area contributed by atoms with Gasteiger partial charge in [0.15, 0.2) is 0 Å². The van der Waals surface area contributed by atoms with Gasteiger partial charge in [-0.3, -0.25) is 19.3 Å². The predicted octanol–water partition coefficient (Wildman–Crippen LogP) is 1.09. The average molecular weight is 399 g/mol. The topological polar surface area (TPSA) is 83.4 Å². The van der Waals surface area contributed by atoms with Crippen LogP contribution in [0.2, 0.25) is 0 Å². The van der Waals surface area contributed by atoms with Gasteiger partial charge in [-0.2, -0.15) is 5.10 Å². The van der Waals surface area contributed by atoms with Gasteiger partial charge in [0.1, 0.15) is 0 Å². The molecule has 29 heavy (non-hydrogen) atoms. The minimum atomic E-state index is -0.127. The van der Waals surface area contributed by atoms with Crippen LogP contribution in [0.4, 0.5) is 0 Å². The highest BCUT2D eigenvalue weighted by atomic mass is 16.2. The Bertz CT molecular complexity index is 825. The maximum atomic E-state index is 12.7. The molecule has 1 aliphatic rings. The van der Waals surface area contributed by atoms with Crippen molar-refractivity contribution in [2.24, 2.45) is 13.0 Å². The van der Waals surface area contributed by atoms with Crippen LogP contribution in [0.15, 0.2) is 30.6 Å². The molecule has 3 heterocycles. The lowest BCUT2D eigenvalue weighted by Crippen LogP contribution is -2.43. The highest BCUT2D eigenvalue weighted by Gasteiger charge is 2.25. The Morgan fingerprint density at radius 3 is 2.66 bits per heavy atom. The lowest BCUT2D eigenvalue weighted by Gasteiger charge is -2.32. The van der Waals surface area contributed by atoms with E-state index >= 15 is 0 Å². The summed E-state index contributed by atoms with van der Waals surface area (Å²) in [5.41, 5.74) is 2.26. The second-order valence-corrected chi connectivity index (χ2v) is 7.93. The molecular weight excluding hydrogens is 368 g/mol. The molecule has 0 spiro atoms. The van der Waals surface area contributed by atoms with Gasteiger partial charge < -0.3 is 15.1 Å². The summed E-state index contributed by atoms with van der Waals surface area (Å²) in [5, 5.41) is 7.46. The summed E-state index contributed by atoms with van der Waals surface area (Å²) in [5.74, 6) is 0.480. The number of piperidine rings is 1. The summed E-state index contributed by atoms with van der Waals surface area (Å²) < 4.78 is 1.70. The van der Waals surface area contributed by atoms with E-state index in [0.29, 0.717) is 24.6 Å². The molecule has 156 valence electrons. The number of hydrogen-bond acceptors (Lipinski definition) is 5. The standard InChI is InChI=1S/C21H30N6O2/c1-25(2)15-20(28)27-10-7-16(8-11-27)12-19-18(14-26(3)24-19)21(29)23-13-17-6-4-5-9-22-17/h4-6,9,14,16H,7-8,10-13,15H2,1-3H3,(H,23,29). The van der Waals surface area contributed by atoms with Crippen molar-refractivity contribution in [2.75, 3.05) is 33.7 Å². The number of nitrogens with zero attached hydrogens (tertiary/aromatic N) is 5. The molecule has 0 unspecified atom stereocenters. The summed E-state index contributed by atoms with van der Waals surface area (Å²) in [6, 6.07) is 5.64. The van der Waals surface area contributed by atoms with Crippen molar-refractivity contribution in [2.45, 2.75) is 25.8 Å². The zero-order valence-electron chi connectivity index (χ0n) is 17.5. The molecule has 1 aliphatic heterocycles. The second-order valence-electron chi connectivity index (χ2n) is 7.93. The van der Waals surface area contributed by atoms with Crippen LogP contribution < -0.4 is 5.32 Å². The summed E-state index contributed by atoms with van der Waals surface area (Å²) >= 11 is 0. The number of carbonyl (C=O) groups is 2. The average Bonchev–Trinajstić information content (AvgIpc) is 3.07. The van der Waals surface area contributed by atoms with E-state index in [1.54, 1.807) is 17.1 Å². The highest BCUT2D eigenvalue weighted by molar-refractivity contribution is 5.95. The molecule has 0 saturated carbocycles. The maximum absolute atomic E-state index is 12.7. The van der Waals surface area contributed by atoms with Gasteiger partial charge in [0.05, 0.1) is 30.0 Å². The third-order valence-electron chi connectivity index (χ3n) is 5.21. The molecular formula is C21H30N6O2. The van der Waals surface area contributed by atoms with Crippen molar-refractivity contribution in [1.29, 1.82) is 0 Å². The fourth-order valence-corrected chi connectivity index (χ4v) is 3.67. The van der Waals surface area contributed by atoms with Crippen LogP contribution >= 0.6 is 0 Å². The summed E-state index contributed by atoms with van der Waals surface area (Å²) in [7, 11) is 5.65. The molecule has 2 aromatic heterocycles. The number of aromatic nitrogens is 3. The van der Waals surface area contributed by atoms with Crippen LogP contribution in [0.25, 0.3) is 0 Å². The number of nitrogens with one attached hydrogen (secondary N) is 1. The fraction of sp³-hybridized carbons (Fsp3) is 0.524. The first kappa shape index (κ1) is 21.0. The zero-order chi connectivity index (χ0) is 20.8. The van der Waals surface area contributed by atoms with E-state index in [4.69, 9.17) is 0 Å². The number of rotatable bonds is 7. The molecule has 1 saturated heterocycles. The van der Waals surface area contributed by atoms with Gasteiger partial charge >= 0.3 is 0 Å². The van der Waals surface area contributed by atoms with Crippen LogP contribution in [0.5, 0.6) is 0 Å². The van der Waals surface area contributed by atoms with E-state index in [0.717, 1.165) is 43.7 Å². The van der Waals surface area contributed by atoms with Gasteiger partial charge in [0, 0.05) is 32.5 Å². The molecule has 2 aromatic rings. The number of likely N-dealkylation sites (N-methyl/N-ethyl adjacent to an activating group) is 1. The minimum absolute atomic E-state index is 0.127. The lowest BCUT2D eigenvalue weighted by atomic mass is 9.91. The molecule has 0 atom stereocenters. The van der Waals surface area contributed by atoms with Gasteiger partial charge in [0.2, 0.25) is 5.91 Å². The summed E-state index contributed by atoms with van der Waals surface area (Å²) in [6.07, 6.45) is 6.11. The first-order valence-electron chi connectivity index (χ1n) is 10.1. The lowest BCUT2D eigenvalue weighted by molar-refractivity contribution is -0.133. The van der Waals surface area contributed by atoms with E-state index in [1.165, 1.54) is 0 Å². The van der Waals surface area contributed by atoms with E-state index < -0.39 is 0 Å². The quantitative estimate of drug-likeness (QED) is 0.755. The maximum Gasteiger partial charge on any atom is 0.255 e. The van der Waals surface area contributed by atoms with Crippen molar-refractivity contribution < 1.29 is 9.59 Å². The SMILES string of the molecule is CN(C)CC(=O)N1CCC(Cc2nn(C)cc2C(=O)NCc2ccccn2)CC1. The van der Waals surface area contributed by atoms with Crippen molar-refractivity contribution >= 4 is 11.8 Å². The molecule has 1 N–H and O–H groups in total. The Kier molecular flexibility index (Phi) is 6.98. The Morgan fingerprint density at radius 1 is 1.24 bits per heavy atom. The summed E-state index contributed by atoms with van der Waals surface area (Å²) in [6.45, 7) is 2.38. The minimum Gasteiger partial charge on any atom is -0.346 e. The Balaban J connectivity index is 1.55. The van der Waals surface area contributed by atoms with E-state index in [-0.39, 0.29) is 11.8 Å². The van der Waals surface area contributed by atoms with Crippen LogP contribution in [-0.4, -0.2) is 70.1 Å². The number of hydrogen-bond donors (Lipinski definition) is 1. The third kappa shape index (κ3) is 5.87. The Labute approximate surface area is 171 Å². The van der Waals surface area contributed by atoms with E-state index in [9.17, 15) is 9.59 Å². The number of carbonyl (C=O) groups excluding carboxylic acids is 2. The molecule has 0 radical (unpaired) electrons. The number of likely N-dealkylation sites (tertiary alicyclic amines) is 1. The van der Waals surface area contributed by atoms with Crippen molar-refractivity contribution in [3.05, 3.63) is 47.5 Å². The molecule has 0 aliphatic carbocycles. The molecule has 2 amide bonds. The summed E-state index contributed by atoms with van der Waals surface area (Å²) in [4.78, 5) is 33.0. The Morgan fingerprint density at radius 2 is 2.00 bits per heavy atom. The monoisotopic (exact) mass is 398 g/mol. The molecule has 8 heteroatoms. The number of aryl methyl sites for hydroxylation is 1. The van der Waals surface area contributed by atoms with Crippen LogP contribution in [0.1, 0.15) is 34.6 Å². The van der Waals surface area contributed by atoms with Crippen molar-refractivity contribution in [3.63, 3.8) is 0 Å². The third-order valence-corrected chi connectivity index (χ3v) is 5.21. The van der Waals surface area contributed by atoms with Gasteiger partial charge in [0.25, 0.3) is 5.91 Å². The normalized spacial score (nSPS) is 15.0. The first-order chi connectivity index (χ1) is 13.9. The molecule has 8 nitrogen and oxygen atoms in total. The highest BCUT2D eigenvalue weighted by Crippen LogP contribution is 2.23. The van der Waals surface area contributed by atoms with Gasteiger partial charge in [-0.05, 0) is 51.4 Å². The van der Waals surface area contributed by atoms with Crippen LogP contribution in [-0.2, 0) is 24.8 Å². The zero-order valence-corrected chi connectivity index (χ0v) is 17.5. The second kappa shape index (κ2) is 9.65. The number of amides is 2. The molecule has 0 aromatic carbocycles. The molecule has 0 bridgehead atoms. The smallest absolute Gasteiger partial charge is 0.255 e. The predicted molar refractivity (Wildman–Crippen MR) is 110 cm³/mol. The molecule has 3 rings (SSSR count). The van der Waals surface area contributed by atoms with Crippen molar-refractivity contribution in [3.8, 4) is 0 Å².